The molecule has 0 unspecified atom stereocenters. The van der Waals surface area contributed by atoms with E-state index in [4.69, 9.17) is 0 Å². The summed E-state index contributed by atoms with van der Waals surface area (Å²) in [5.41, 5.74) is 1.41. The van der Waals surface area contributed by atoms with E-state index in [1.165, 1.54) is 6.26 Å². The zero-order valence-corrected chi connectivity index (χ0v) is 8.50. The Morgan fingerprint density at radius 2 is 2.29 bits per heavy atom. The van der Waals surface area contributed by atoms with E-state index in [0.717, 1.165) is 11.0 Å². The number of H-pyrrole nitrogens is 1. The molecule has 0 aliphatic rings. The molecule has 0 aliphatic carbocycles. The molecule has 1 N–H and O–H groups in total. The maximum atomic E-state index is 11.0. The van der Waals surface area contributed by atoms with Gasteiger partial charge in [-0.3, -0.25) is 0 Å². The van der Waals surface area contributed by atoms with Crippen molar-refractivity contribution in [2.75, 3.05) is 6.26 Å². The first-order valence-electron chi connectivity index (χ1n) is 4.15. The summed E-state index contributed by atoms with van der Waals surface area (Å²) in [4.78, 5) is 7.04. The molecule has 4 nitrogen and oxygen atoms in total. The second kappa shape index (κ2) is 3.09. The van der Waals surface area contributed by atoms with Crippen molar-refractivity contribution >= 4 is 20.9 Å². The minimum absolute atomic E-state index is 0.0311. The number of fused-ring (bicyclic) bond motifs is 1. The van der Waals surface area contributed by atoms with Crippen LogP contribution < -0.4 is 0 Å². The molecule has 0 saturated heterocycles. The molecule has 2 rings (SSSR count). The van der Waals surface area contributed by atoms with Crippen molar-refractivity contribution in [1.29, 1.82) is 0 Å². The molecule has 0 atom stereocenters. The predicted molar refractivity (Wildman–Crippen MR) is 54.6 cm³/mol. The second-order valence-corrected chi connectivity index (χ2v) is 5.45. The topological polar surface area (TPSA) is 62.8 Å². The number of hydrogen-bond acceptors (Lipinski definition) is 3. The van der Waals surface area contributed by atoms with Gasteiger partial charge in [0.25, 0.3) is 0 Å². The van der Waals surface area contributed by atoms with E-state index in [-0.39, 0.29) is 5.75 Å². The summed E-state index contributed by atoms with van der Waals surface area (Å²) in [6.45, 7) is 0. The molecule has 74 valence electrons. The molecule has 0 fully saturated rings. The Hall–Kier alpha value is -1.36. The monoisotopic (exact) mass is 210 g/mol. The van der Waals surface area contributed by atoms with Crippen molar-refractivity contribution in [3.8, 4) is 0 Å². The summed E-state index contributed by atoms with van der Waals surface area (Å²) >= 11 is 0. The maximum Gasteiger partial charge on any atom is 0.153 e. The van der Waals surface area contributed by atoms with E-state index in [9.17, 15) is 8.42 Å². The van der Waals surface area contributed by atoms with Gasteiger partial charge in [-0.05, 0) is 18.2 Å². The first-order chi connectivity index (χ1) is 6.54. The van der Waals surface area contributed by atoms with Gasteiger partial charge in [-0.25, -0.2) is 13.4 Å². The maximum absolute atomic E-state index is 11.0. The highest BCUT2D eigenvalue weighted by molar-refractivity contribution is 7.89. The van der Waals surface area contributed by atoms with E-state index >= 15 is 0 Å². The van der Waals surface area contributed by atoms with Gasteiger partial charge in [0.2, 0.25) is 0 Å². The highest BCUT2D eigenvalue weighted by Gasteiger charge is 2.07. The molecule has 0 aliphatic heterocycles. The molecule has 0 spiro atoms. The van der Waals surface area contributed by atoms with Gasteiger partial charge in [0.15, 0.2) is 9.84 Å². The molecule has 0 radical (unpaired) electrons. The Balaban J connectivity index is 2.46. The summed E-state index contributed by atoms with van der Waals surface area (Å²) in [5, 5.41) is 0.936. The lowest BCUT2D eigenvalue weighted by molar-refractivity contribution is 0.600. The SMILES string of the molecule is CS(=O)(=O)Cc1cc2cccnc2[nH]1. The zero-order valence-electron chi connectivity index (χ0n) is 7.69. The third kappa shape index (κ3) is 1.93. The van der Waals surface area contributed by atoms with Crippen LogP contribution >= 0.6 is 0 Å². The van der Waals surface area contributed by atoms with Gasteiger partial charge in [-0.1, -0.05) is 0 Å². The lowest BCUT2D eigenvalue weighted by Gasteiger charge is -1.92. The summed E-state index contributed by atoms with van der Waals surface area (Å²) in [7, 11) is -2.98. The molecule has 0 bridgehead atoms. The van der Waals surface area contributed by atoms with E-state index in [0.29, 0.717) is 5.69 Å². The average molecular weight is 210 g/mol. The molecule has 2 heterocycles. The summed E-state index contributed by atoms with van der Waals surface area (Å²) < 4.78 is 22.1. The van der Waals surface area contributed by atoms with Crippen LogP contribution in [0.3, 0.4) is 0 Å². The Bertz CT molecular complexity index is 524. The van der Waals surface area contributed by atoms with Gasteiger partial charge < -0.3 is 4.98 Å². The standard InChI is InChI=1S/C9H10N2O2S/c1-14(12,13)6-8-5-7-3-2-4-10-9(7)11-8/h2-5H,6H2,1H3,(H,10,11). The number of sulfone groups is 1. The molecular weight excluding hydrogens is 200 g/mol. The third-order valence-corrected chi connectivity index (χ3v) is 2.70. The molecule has 0 amide bonds. The second-order valence-electron chi connectivity index (χ2n) is 3.31. The number of pyridine rings is 1. The lowest BCUT2D eigenvalue weighted by Crippen LogP contribution is -2.00. The molecule has 0 saturated carbocycles. The third-order valence-electron chi connectivity index (χ3n) is 1.87. The van der Waals surface area contributed by atoms with Gasteiger partial charge >= 0.3 is 0 Å². The van der Waals surface area contributed by atoms with Crippen molar-refractivity contribution in [2.24, 2.45) is 0 Å². The Labute approximate surface area is 81.9 Å². The van der Waals surface area contributed by atoms with Crippen LogP contribution in [-0.4, -0.2) is 24.6 Å². The number of hydrogen-bond donors (Lipinski definition) is 1. The number of nitrogens with one attached hydrogen (secondary N) is 1. The largest absolute Gasteiger partial charge is 0.342 e. The molecule has 5 heteroatoms. The minimum Gasteiger partial charge on any atom is -0.342 e. The van der Waals surface area contributed by atoms with Crippen LogP contribution in [0, 0.1) is 0 Å². The first kappa shape index (κ1) is 9.21. The molecule has 2 aromatic heterocycles. The Morgan fingerprint density at radius 1 is 1.50 bits per heavy atom. The van der Waals surface area contributed by atoms with Crippen LogP contribution in [0.25, 0.3) is 11.0 Å². The number of aromatic amines is 1. The van der Waals surface area contributed by atoms with Crippen LogP contribution in [-0.2, 0) is 15.6 Å². The summed E-state index contributed by atoms with van der Waals surface area (Å²) in [6, 6.07) is 5.52. The predicted octanol–water partition coefficient (Wildman–Crippen LogP) is 1.11. The van der Waals surface area contributed by atoms with E-state index in [2.05, 4.69) is 9.97 Å². The van der Waals surface area contributed by atoms with Crippen molar-refractivity contribution in [2.45, 2.75) is 5.75 Å². The van der Waals surface area contributed by atoms with Crippen molar-refractivity contribution in [3.05, 3.63) is 30.1 Å². The molecule has 0 aromatic carbocycles. The van der Waals surface area contributed by atoms with Gasteiger partial charge in [-0.15, -0.1) is 0 Å². The first-order valence-corrected chi connectivity index (χ1v) is 6.21. The number of aromatic nitrogens is 2. The molecule has 2 aromatic rings. The highest BCUT2D eigenvalue weighted by atomic mass is 32.2. The van der Waals surface area contributed by atoms with Gasteiger partial charge in [0, 0.05) is 23.5 Å². The fourth-order valence-electron chi connectivity index (χ4n) is 1.37. The normalized spacial score (nSPS) is 12.1. The van der Waals surface area contributed by atoms with Crippen LogP contribution in [0.15, 0.2) is 24.4 Å². The Kier molecular flexibility index (Phi) is 2.03. The highest BCUT2D eigenvalue weighted by Crippen LogP contribution is 2.13. The zero-order chi connectivity index (χ0) is 10.2. The van der Waals surface area contributed by atoms with E-state index in [1.807, 2.05) is 18.2 Å². The van der Waals surface area contributed by atoms with Crippen LogP contribution in [0.2, 0.25) is 0 Å². The van der Waals surface area contributed by atoms with E-state index < -0.39 is 9.84 Å². The Morgan fingerprint density at radius 3 is 2.93 bits per heavy atom. The van der Waals surface area contributed by atoms with Crippen LogP contribution in [0.4, 0.5) is 0 Å². The fourth-order valence-corrected chi connectivity index (χ4v) is 2.10. The fraction of sp³-hybridized carbons (Fsp3) is 0.222. The number of nitrogens with zero attached hydrogens (tertiary/aromatic N) is 1. The summed E-state index contributed by atoms with van der Waals surface area (Å²) in [6.07, 6.45) is 2.88. The quantitative estimate of drug-likeness (QED) is 0.807. The van der Waals surface area contributed by atoms with Crippen LogP contribution in [0.5, 0.6) is 0 Å². The van der Waals surface area contributed by atoms with E-state index in [1.54, 1.807) is 6.20 Å². The summed E-state index contributed by atoms with van der Waals surface area (Å²) in [5.74, 6) is 0.0311. The van der Waals surface area contributed by atoms with Gasteiger partial charge in [0.1, 0.15) is 5.65 Å². The van der Waals surface area contributed by atoms with Crippen molar-refractivity contribution in [3.63, 3.8) is 0 Å². The smallest absolute Gasteiger partial charge is 0.153 e. The van der Waals surface area contributed by atoms with Crippen LogP contribution in [0.1, 0.15) is 5.69 Å². The molecular formula is C9H10N2O2S. The lowest BCUT2D eigenvalue weighted by atomic mass is 10.3. The van der Waals surface area contributed by atoms with Crippen molar-refractivity contribution < 1.29 is 8.42 Å². The minimum atomic E-state index is -2.98. The average Bonchev–Trinajstić information content (AvgIpc) is 2.42. The number of rotatable bonds is 2. The molecule has 14 heavy (non-hydrogen) atoms. The van der Waals surface area contributed by atoms with Gasteiger partial charge in [0.05, 0.1) is 5.75 Å². The van der Waals surface area contributed by atoms with Crippen molar-refractivity contribution in [1.82, 2.24) is 9.97 Å². The van der Waals surface area contributed by atoms with Gasteiger partial charge in [-0.2, -0.15) is 0 Å².